The molecule has 0 aliphatic rings. The summed E-state index contributed by atoms with van der Waals surface area (Å²) in [5.74, 6) is 0. The first-order chi connectivity index (χ1) is 0. The van der Waals surface area contributed by atoms with Gasteiger partial charge in [0.25, 0.3) is 0 Å². The molecular formula is H22Na2O10. The van der Waals surface area contributed by atoms with E-state index in [9.17, 15) is 0 Å². The van der Waals surface area contributed by atoms with E-state index in [1.165, 1.54) is 0 Å². The zero-order valence-electron chi connectivity index (χ0n) is 5.00. The Morgan fingerprint density at radius 2 is 0.167 bits per heavy atom. The van der Waals surface area contributed by atoms with Crippen molar-refractivity contribution < 1.29 is 54.8 Å². The van der Waals surface area contributed by atoms with E-state index in [1.54, 1.807) is 0 Å². The van der Waals surface area contributed by atoms with Gasteiger partial charge in [0.15, 0.2) is 0 Å². The quantitative estimate of drug-likeness (QED) is 0.348. The van der Waals surface area contributed by atoms with E-state index >= 15 is 0 Å². The van der Waals surface area contributed by atoms with Crippen LogP contribution in [0.2, 0.25) is 0 Å². The van der Waals surface area contributed by atoms with E-state index in [1.807, 2.05) is 0 Å². The van der Waals surface area contributed by atoms with Gasteiger partial charge >= 0.3 is 59.1 Å². The predicted octanol–water partition coefficient (Wildman–Crippen LogP) is -9.54. The molecule has 0 aliphatic carbocycles. The van der Waals surface area contributed by atoms with Crippen LogP contribution >= 0.6 is 0 Å². The molecule has 0 amide bonds. The third kappa shape index (κ3) is 509. The molecule has 0 aliphatic heterocycles. The van der Waals surface area contributed by atoms with Crippen molar-refractivity contribution in [2.75, 3.05) is 0 Å². The van der Waals surface area contributed by atoms with Crippen LogP contribution in [0.1, 0.15) is 0 Å². The van der Waals surface area contributed by atoms with Gasteiger partial charge in [0.1, 0.15) is 0 Å². The van der Waals surface area contributed by atoms with E-state index < -0.39 is 0 Å². The summed E-state index contributed by atoms with van der Waals surface area (Å²) in [6.07, 6.45) is 0. The van der Waals surface area contributed by atoms with Crippen molar-refractivity contribution >= 4 is 59.1 Å². The second kappa shape index (κ2) is 662. The monoisotopic (exact) mass is 228 g/mol. The molecule has 0 radical (unpaired) electrons. The van der Waals surface area contributed by atoms with Crippen molar-refractivity contribution in [2.45, 2.75) is 0 Å². The van der Waals surface area contributed by atoms with Gasteiger partial charge in [-0.05, 0) is 0 Å². The molecule has 0 aromatic rings. The van der Waals surface area contributed by atoms with Crippen LogP contribution in [-0.4, -0.2) is 114 Å². The molecule has 0 unspecified atom stereocenters. The van der Waals surface area contributed by atoms with Crippen molar-refractivity contribution in [2.24, 2.45) is 0 Å². The van der Waals surface area contributed by atoms with Crippen LogP contribution < -0.4 is 0 Å². The molecule has 0 rings (SSSR count). The van der Waals surface area contributed by atoms with Crippen molar-refractivity contribution in [1.29, 1.82) is 0 Å². The SMILES string of the molecule is O.O.O.O.O.O.O.O.O.O.[NaH].[NaH]. The fraction of sp³-hybridized carbons (Fsp3) is 0. The molecule has 0 fully saturated rings. The molecule has 0 atom stereocenters. The van der Waals surface area contributed by atoms with Crippen molar-refractivity contribution in [3.63, 3.8) is 0 Å². The predicted molar refractivity (Wildman–Crippen MR) is 50.4 cm³/mol. The molecule has 12 heavy (non-hydrogen) atoms. The van der Waals surface area contributed by atoms with Crippen LogP contribution in [0.4, 0.5) is 0 Å². The fourth-order valence-electron chi connectivity index (χ4n) is 0. The summed E-state index contributed by atoms with van der Waals surface area (Å²) in [5.41, 5.74) is 0. The van der Waals surface area contributed by atoms with Crippen LogP contribution in [-0.2, 0) is 0 Å². The molecule has 20 N–H and O–H groups in total. The zero-order chi connectivity index (χ0) is 0. The Balaban J connectivity index is 0. The van der Waals surface area contributed by atoms with E-state index in [0.717, 1.165) is 0 Å². The Bertz CT molecular complexity index is 7.80. The summed E-state index contributed by atoms with van der Waals surface area (Å²) in [6, 6.07) is 0. The first-order valence-electron chi connectivity index (χ1n) is 0. The molecule has 0 aromatic carbocycles. The minimum absolute atomic E-state index is 0. The Morgan fingerprint density at radius 1 is 0.167 bits per heavy atom. The summed E-state index contributed by atoms with van der Waals surface area (Å²) in [5, 5.41) is 0. The Labute approximate surface area is 113 Å². The molecule has 84 valence electrons. The molecule has 0 saturated heterocycles. The van der Waals surface area contributed by atoms with Crippen LogP contribution in [0.15, 0.2) is 0 Å². The Hall–Kier alpha value is 1.60. The summed E-state index contributed by atoms with van der Waals surface area (Å²) in [4.78, 5) is 0. The third-order valence-electron chi connectivity index (χ3n) is 0. The maximum atomic E-state index is 0. The maximum absolute atomic E-state index is 0. The van der Waals surface area contributed by atoms with E-state index in [-0.39, 0.29) is 114 Å². The Kier molecular flexibility index (Phi) is 46500. The van der Waals surface area contributed by atoms with Crippen molar-refractivity contribution in [3.05, 3.63) is 0 Å². The topological polar surface area (TPSA) is 315 Å². The van der Waals surface area contributed by atoms with Gasteiger partial charge in [0.05, 0.1) is 0 Å². The van der Waals surface area contributed by atoms with Crippen LogP contribution in [0, 0.1) is 0 Å². The first-order valence-corrected chi connectivity index (χ1v) is 0. The van der Waals surface area contributed by atoms with Crippen molar-refractivity contribution in [3.8, 4) is 0 Å². The van der Waals surface area contributed by atoms with Gasteiger partial charge in [-0.25, -0.2) is 0 Å². The van der Waals surface area contributed by atoms with Crippen molar-refractivity contribution in [1.82, 2.24) is 0 Å². The molecule has 12 heteroatoms. The normalized spacial score (nSPS) is 0. The average Bonchev–Trinajstić information content (AvgIpc) is 0. The second-order valence-corrected chi connectivity index (χ2v) is 0. The summed E-state index contributed by atoms with van der Waals surface area (Å²) >= 11 is 0. The summed E-state index contributed by atoms with van der Waals surface area (Å²) < 4.78 is 0. The van der Waals surface area contributed by atoms with E-state index in [2.05, 4.69) is 0 Å². The molecule has 0 saturated carbocycles. The molecule has 10 nitrogen and oxygen atoms in total. The van der Waals surface area contributed by atoms with Gasteiger partial charge < -0.3 is 54.8 Å². The van der Waals surface area contributed by atoms with Crippen LogP contribution in [0.3, 0.4) is 0 Å². The fourth-order valence-corrected chi connectivity index (χ4v) is 0. The summed E-state index contributed by atoms with van der Waals surface area (Å²) in [6.45, 7) is 0. The first kappa shape index (κ1) is 843. The van der Waals surface area contributed by atoms with E-state index in [0.29, 0.717) is 0 Å². The number of hydrogen-bond acceptors (Lipinski definition) is 0. The van der Waals surface area contributed by atoms with Gasteiger partial charge in [0, 0.05) is 0 Å². The summed E-state index contributed by atoms with van der Waals surface area (Å²) in [7, 11) is 0. The van der Waals surface area contributed by atoms with Gasteiger partial charge in [-0.15, -0.1) is 0 Å². The molecule has 0 bridgehead atoms. The van der Waals surface area contributed by atoms with Gasteiger partial charge in [-0.2, -0.15) is 0 Å². The van der Waals surface area contributed by atoms with E-state index in [4.69, 9.17) is 0 Å². The zero-order valence-corrected chi connectivity index (χ0v) is 5.00. The number of hydrogen-bond donors (Lipinski definition) is 0. The molecule has 0 aromatic heterocycles. The molecule has 0 heterocycles. The van der Waals surface area contributed by atoms with Gasteiger partial charge in [-0.3, -0.25) is 0 Å². The van der Waals surface area contributed by atoms with Gasteiger partial charge in [-0.1, -0.05) is 0 Å². The second-order valence-electron chi connectivity index (χ2n) is 0. The third-order valence-corrected chi connectivity index (χ3v) is 0. The minimum atomic E-state index is 0. The average molecular weight is 228 g/mol. The molecular weight excluding hydrogens is 206 g/mol. The van der Waals surface area contributed by atoms with Gasteiger partial charge in [0.2, 0.25) is 0 Å². The Morgan fingerprint density at radius 3 is 0.167 bits per heavy atom. The number of rotatable bonds is 0. The van der Waals surface area contributed by atoms with Crippen LogP contribution in [0.5, 0.6) is 0 Å². The molecule has 0 spiro atoms. The van der Waals surface area contributed by atoms with Crippen LogP contribution in [0.25, 0.3) is 0 Å². The standard InChI is InChI=1S/2Na.10H2O.2H/h;;10*1H2;;.